The minimum Gasteiger partial charge on any atom is -0.483 e. The fourth-order valence-electron chi connectivity index (χ4n) is 1.92. The van der Waals surface area contributed by atoms with Gasteiger partial charge < -0.3 is 14.6 Å². The molecule has 2 aromatic rings. The maximum atomic E-state index is 11.7. The van der Waals surface area contributed by atoms with Gasteiger partial charge in [0.1, 0.15) is 11.5 Å². The Bertz CT molecular complexity index is 806. The number of aryl methyl sites for hydroxylation is 1. The Labute approximate surface area is 155 Å². The van der Waals surface area contributed by atoms with E-state index in [1.54, 1.807) is 42.5 Å². The predicted octanol–water partition coefficient (Wildman–Crippen LogP) is 2.64. The van der Waals surface area contributed by atoms with E-state index < -0.39 is 18.5 Å². The molecule has 8 heteroatoms. The minimum atomic E-state index is -1.05. The van der Waals surface area contributed by atoms with E-state index in [-0.39, 0.29) is 6.61 Å². The van der Waals surface area contributed by atoms with E-state index in [9.17, 15) is 9.59 Å². The van der Waals surface area contributed by atoms with Crippen LogP contribution in [0, 0.1) is 6.92 Å². The average Bonchev–Trinajstić information content (AvgIpc) is 2.60. The van der Waals surface area contributed by atoms with E-state index in [0.717, 1.165) is 5.56 Å². The second-order valence-corrected chi connectivity index (χ2v) is 5.68. The van der Waals surface area contributed by atoms with Crippen molar-refractivity contribution in [2.45, 2.75) is 6.92 Å². The Kier molecular flexibility index (Phi) is 6.99. The first kappa shape index (κ1) is 19.3. The number of nitrogens with one attached hydrogen (secondary N) is 1. The third kappa shape index (κ3) is 6.45. The van der Waals surface area contributed by atoms with Crippen molar-refractivity contribution in [3.8, 4) is 11.5 Å². The Balaban J connectivity index is 1.78. The largest absolute Gasteiger partial charge is 0.483 e. The topological polar surface area (TPSA) is 97.2 Å². The molecule has 0 spiro atoms. The van der Waals surface area contributed by atoms with Crippen molar-refractivity contribution in [1.29, 1.82) is 0 Å². The van der Waals surface area contributed by atoms with Gasteiger partial charge in [0.15, 0.2) is 13.2 Å². The smallest absolute Gasteiger partial charge is 0.341 e. The molecule has 7 nitrogen and oxygen atoms in total. The van der Waals surface area contributed by atoms with Crippen molar-refractivity contribution < 1.29 is 24.2 Å². The highest BCUT2D eigenvalue weighted by Crippen LogP contribution is 2.21. The average molecular weight is 377 g/mol. The van der Waals surface area contributed by atoms with Crippen LogP contribution in [0.15, 0.2) is 47.6 Å². The molecule has 2 rings (SSSR count). The second-order valence-electron chi connectivity index (χ2n) is 5.24. The molecule has 1 amide bonds. The van der Waals surface area contributed by atoms with Crippen LogP contribution >= 0.6 is 11.6 Å². The van der Waals surface area contributed by atoms with Crippen LogP contribution in [0.5, 0.6) is 11.5 Å². The summed E-state index contributed by atoms with van der Waals surface area (Å²) in [7, 11) is 0. The first-order valence-electron chi connectivity index (χ1n) is 7.59. The molecule has 0 aliphatic heterocycles. The van der Waals surface area contributed by atoms with E-state index in [1.807, 2.05) is 6.92 Å². The zero-order valence-electron chi connectivity index (χ0n) is 13.9. The number of benzene rings is 2. The normalized spacial score (nSPS) is 10.5. The van der Waals surface area contributed by atoms with E-state index in [1.165, 1.54) is 6.21 Å². The van der Waals surface area contributed by atoms with Gasteiger partial charge in [-0.05, 0) is 60.5 Å². The summed E-state index contributed by atoms with van der Waals surface area (Å²) >= 11 is 5.86. The number of rotatable bonds is 8. The zero-order chi connectivity index (χ0) is 18.9. The fourth-order valence-corrected chi connectivity index (χ4v) is 2.15. The summed E-state index contributed by atoms with van der Waals surface area (Å²) in [6.07, 6.45) is 1.45. The van der Waals surface area contributed by atoms with Crippen LogP contribution in [0.25, 0.3) is 0 Å². The molecule has 0 aromatic heterocycles. The molecule has 0 bridgehead atoms. The van der Waals surface area contributed by atoms with Crippen molar-refractivity contribution in [3.05, 3.63) is 58.6 Å². The number of carbonyl (C=O) groups excluding carboxylic acids is 1. The Morgan fingerprint density at radius 3 is 2.54 bits per heavy atom. The van der Waals surface area contributed by atoms with Gasteiger partial charge in [-0.15, -0.1) is 0 Å². The van der Waals surface area contributed by atoms with Crippen LogP contribution in [0.3, 0.4) is 0 Å². The van der Waals surface area contributed by atoms with Crippen LogP contribution in [0.2, 0.25) is 5.02 Å². The van der Waals surface area contributed by atoms with Gasteiger partial charge in [0.05, 0.1) is 6.21 Å². The summed E-state index contributed by atoms with van der Waals surface area (Å²) in [5.74, 6) is -0.447. The Morgan fingerprint density at radius 1 is 1.15 bits per heavy atom. The lowest BCUT2D eigenvalue weighted by Gasteiger charge is -2.08. The van der Waals surface area contributed by atoms with Gasteiger partial charge in [0, 0.05) is 5.02 Å². The van der Waals surface area contributed by atoms with E-state index in [2.05, 4.69) is 10.5 Å². The lowest BCUT2D eigenvalue weighted by Crippen LogP contribution is -2.24. The number of hydrazone groups is 1. The van der Waals surface area contributed by atoms with Gasteiger partial charge in [-0.1, -0.05) is 11.6 Å². The number of carbonyl (C=O) groups is 2. The maximum absolute atomic E-state index is 11.7. The van der Waals surface area contributed by atoms with Gasteiger partial charge >= 0.3 is 5.97 Å². The molecular weight excluding hydrogens is 360 g/mol. The Hall–Kier alpha value is -3.06. The van der Waals surface area contributed by atoms with E-state index in [4.69, 9.17) is 26.2 Å². The fraction of sp³-hybridized carbons (Fsp3) is 0.167. The molecule has 0 saturated carbocycles. The molecule has 2 N–H and O–H groups in total. The molecule has 0 atom stereocenters. The summed E-state index contributed by atoms with van der Waals surface area (Å²) in [6, 6.07) is 11.7. The Morgan fingerprint density at radius 2 is 1.88 bits per heavy atom. The van der Waals surface area contributed by atoms with E-state index >= 15 is 0 Å². The van der Waals surface area contributed by atoms with Crippen molar-refractivity contribution in [3.63, 3.8) is 0 Å². The summed E-state index contributed by atoms with van der Waals surface area (Å²) in [6.45, 7) is 1.25. The van der Waals surface area contributed by atoms with Crippen LogP contribution in [0.4, 0.5) is 0 Å². The number of nitrogens with zero attached hydrogens (tertiary/aromatic N) is 1. The summed E-state index contributed by atoms with van der Waals surface area (Å²) in [5, 5.41) is 13.0. The van der Waals surface area contributed by atoms with Crippen LogP contribution in [-0.2, 0) is 9.59 Å². The molecule has 136 valence electrons. The molecule has 2 aromatic carbocycles. The standard InChI is InChI=1S/C18H17ClN2O5/c1-12-8-14(19)4-7-16(12)26-10-17(22)21-20-9-13-2-5-15(6-3-13)25-11-18(23)24/h2-9H,10-11H2,1H3,(H,21,22)(H,23,24)/b20-9-. The van der Waals surface area contributed by atoms with Gasteiger partial charge in [-0.25, -0.2) is 10.2 Å². The number of ether oxygens (including phenoxy) is 2. The summed E-state index contributed by atoms with van der Waals surface area (Å²) in [4.78, 5) is 22.2. The third-order valence-corrected chi connectivity index (χ3v) is 3.38. The molecule has 0 saturated heterocycles. The van der Waals surface area contributed by atoms with Gasteiger partial charge in [-0.3, -0.25) is 4.79 Å². The number of hydrogen-bond donors (Lipinski definition) is 2. The first-order valence-corrected chi connectivity index (χ1v) is 7.97. The van der Waals surface area contributed by atoms with Crippen molar-refractivity contribution in [2.24, 2.45) is 5.10 Å². The van der Waals surface area contributed by atoms with Crippen LogP contribution in [0.1, 0.15) is 11.1 Å². The number of hydrogen-bond acceptors (Lipinski definition) is 5. The molecule has 26 heavy (non-hydrogen) atoms. The second kappa shape index (κ2) is 9.43. The number of carboxylic acid groups (broad SMARTS) is 1. The third-order valence-electron chi connectivity index (χ3n) is 3.14. The van der Waals surface area contributed by atoms with Gasteiger partial charge in [0.2, 0.25) is 0 Å². The highest BCUT2D eigenvalue weighted by atomic mass is 35.5. The van der Waals surface area contributed by atoms with Gasteiger partial charge in [0.25, 0.3) is 5.91 Å². The minimum absolute atomic E-state index is 0.179. The SMILES string of the molecule is Cc1cc(Cl)ccc1OCC(=O)N/N=C\c1ccc(OCC(=O)O)cc1. The number of halogens is 1. The highest BCUT2D eigenvalue weighted by molar-refractivity contribution is 6.30. The predicted molar refractivity (Wildman–Crippen MR) is 97.0 cm³/mol. The van der Waals surface area contributed by atoms with Crippen molar-refractivity contribution in [2.75, 3.05) is 13.2 Å². The summed E-state index contributed by atoms with van der Waals surface area (Å²) in [5.41, 5.74) is 3.90. The lowest BCUT2D eigenvalue weighted by molar-refractivity contribution is -0.139. The monoisotopic (exact) mass is 376 g/mol. The molecule has 0 aliphatic rings. The molecule has 0 fully saturated rings. The van der Waals surface area contributed by atoms with Gasteiger partial charge in [-0.2, -0.15) is 5.10 Å². The highest BCUT2D eigenvalue weighted by Gasteiger charge is 2.04. The molecule has 0 unspecified atom stereocenters. The summed E-state index contributed by atoms with van der Waals surface area (Å²) < 4.78 is 10.4. The molecular formula is C18H17ClN2O5. The zero-order valence-corrected chi connectivity index (χ0v) is 14.7. The first-order chi connectivity index (χ1) is 12.4. The molecule has 0 radical (unpaired) electrons. The maximum Gasteiger partial charge on any atom is 0.341 e. The number of carboxylic acids is 1. The van der Waals surface area contributed by atoms with Crippen LogP contribution < -0.4 is 14.9 Å². The lowest BCUT2D eigenvalue weighted by atomic mass is 10.2. The van der Waals surface area contributed by atoms with Crippen LogP contribution in [-0.4, -0.2) is 36.4 Å². The molecule has 0 aliphatic carbocycles. The van der Waals surface area contributed by atoms with E-state index in [0.29, 0.717) is 22.1 Å². The van der Waals surface area contributed by atoms with Crippen molar-refractivity contribution in [1.82, 2.24) is 5.43 Å². The van der Waals surface area contributed by atoms with Crippen molar-refractivity contribution >= 4 is 29.7 Å². The number of amides is 1. The quantitative estimate of drug-likeness (QED) is 0.545. The number of aliphatic carboxylic acids is 1. The molecule has 0 heterocycles.